The highest BCUT2D eigenvalue weighted by Crippen LogP contribution is 2.20. The van der Waals surface area contributed by atoms with Crippen molar-refractivity contribution in [2.75, 3.05) is 39.3 Å². The predicted molar refractivity (Wildman–Crippen MR) is 70.5 cm³/mol. The molecular formula is C12H16N2O6. The summed E-state index contributed by atoms with van der Waals surface area (Å²) >= 11 is 0. The summed E-state index contributed by atoms with van der Waals surface area (Å²) in [5.41, 5.74) is 5.49. The van der Waals surface area contributed by atoms with Gasteiger partial charge in [0.05, 0.1) is 36.0 Å². The second-order valence-electron chi connectivity index (χ2n) is 3.77. The van der Waals surface area contributed by atoms with E-state index in [1.807, 2.05) is 0 Å². The Labute approximate surface area is 115 Å². The maximum absolute atomic E-state index is 11.7. The fourth-order valence-electron chi connectivity index (χ4n) is 1.36. The van der Waals surface area contributed by atoms with Gasteiger partial charge in [0.1, 0.15) is 6.61 Å². The van der Waals surface area contributed by atoms with Gasteiger partial charge in [-0.2, -0.15) is 0 Å². The predicted octanol–water partition coefficient (Wildman–Crippen LogP) is 0.997. The van der Waals surface area contributed by atoms with E-state index in [2.05, 4.69) is 0 Å². The molecule has 0 spiro atoms. The molecular weight excluding hydrogens is 268 g/mol. The van der Waals surface area contributed by atoms with E-state index in [9.17, 15) is 14.9 Å². The van der Waals surface area contributed by atoms with Crippen LogP contribution in [0.2, 0.25) is 0 Å². The Morgan fingerprint density at radius 2 is 2.00 bits per heavy atom. The van der Waals surface area contributed by atoms with Gasteiger partial charge in [-0.1, -0.05) is 0 Å². The molecule has 0 heterocycles. The number of methoxy groups -OCH3 is 1. The summed E-state index contributed by atoms with van der Waals surface area (Å²) in [5.74, 6) is -0.646. The lowest BCUT2D eigenvalue weighted by Gasteiger charge is -2.07. The Bertz CT molecular complexity index is 477. The van der Waals surface area contributed by atoms with E-state index in [4.69, 9.17) is 19.9 Å². The van der Waals surface area contributed by atoms with Gasteiger partial charge in [0.15, 0.2) is 0 Å². The van der Waals surface area contributed by atoms with Crippen LogP contribution in [-0.4, -0.2) is 44.4 Å². The molecule has 110 valence electrons. The molecule has 1 aromatic rings. The Morgan fingerprint density at radius 1 is 1.30 bits per heavy atom. The SMILES string of the molecule is COCCOCCOC(=O)c1ccc([N+](=O)[O-])cc1N. The minimum atomic E-state index is -0.646. The molecule has 0 unspecified atom stereocenters. The third-order valence-corrected chi connectivity index (χ3v) is 2.36. The number of non-ortho nitro benzene ring substituents is 1. The molecule has 0 radical (unpaired) electrons. The lowest BCUT2D eigenvalue weighted by atomic mass is 10.1. The van der Waals surface area contributed by atoms with E-state index in [0.717, 1.165) is 6.07 Å². The summed E-state index contributed by atoms with van der Waals surface area (Å²) in [6.45, 7) is 1.18. The lowest BCUT2D eigenvalue weighted by molar-refractivity contribution is -0.384. The summed E-state index contributed by atoms with van der Waals surface area (Å²) < 4.78 is 14.8. The Kier molecular flexibility index (Phi) is 6.41. The van der Waals surface area contributed by atoms with Crippen LogP contribution in [0.1, 0.15) is 10.4 Å². The molecule has 1 rings (SSSR count). The van der Waals surface area contributed by atoms with Crippen molar-refractivity contribution < 1.29 is 23.9 Å². The van der Waals surface area contributed by atoms with Crippen molar-refractivity contribution in [2.24, 2.45) is 0 Å². The normalized spacial score (nSPS) is 10.2. The van der Waals surface area contributed by atoms with Gasteiger partial charge in [-0.15, -0.1) is 0 Å². The molecule has 0 aliphatic heterocycles. The summed E-state index contributed by atoms with van der Waals surface area (Å²) in [5, 5.41) is 10.5. The van der Waals surface area contributed by atoms with E-state index in [1.54, 1.807) is 7.11 Å². The zero-order valence-corrected chi connectivity index (χ0v) is 11.0. The number of nitrogens with zero attached hydrogens (tertiary/aromatic N) is 1. The summed E-state index contributed by atoms with van der Waals surface area (Å²) in [4.78, 5) is 21.6. The van der Waals surface area contributed by atoms with Gasteiger partial charge in [-0.05, 0) is 6.07 Å². The first-order valence-electron chi connectivity index (χ1n) is 5.84. The first-order chi connectivity index (χ1) is 9.56. The van der Waals surface area contributed by atoms with Gasteiger partial charge in [-0.3, -0.25) is 10.1 Å². The molecule has 0 aromatic heterocycles. The van der Waals surface area contributed by atoms with Crippen LogP contribution < -0.4 is 5.73 Å². The van der Waals surface area contributed by atoms with Gasteiger partial charge in [0.2, 0.25) is 0 Å². The van der Waals surface area contributed by atoms with Crippen LogP contribution in [-0.2, 0) is 14.2 Å². The number of esters is 1. The maximum atomic E-state index is 11.7. The third kappa shape index (κ3) is 4.82. The Hall–Kier alpha value is -2.19. The molecule has 8 nitrogen and oxygen atoms in total. The van der Waals surface area contributed by atoms with Gasteiger partial charge in [-0.25, -0.2) is 4.79 Å². The molecule has 1 aromatic carbocycles. The first-order valence-corrected chi connectivity index (χ1v) is 5.84. The zero-order valence-electron chi connectivity index (χ0n) is 11.0. The summed E-state index contributed by atoms with van der Waals surface area (Å²) in [7, 11) is 1.56. The van der Waals surface area contributed by atoms with Crippen molar-refractivity contribution in [2.45, 2.75) is 0 Å². The molecule has 0 bridgehead atoms. The van der Waals surface area contributed by atoms with Crippen molar-refractivity contribution in [3.8, 4) is 0 Å². The number of carbonyl (C=O) groups is 1. The minimum Gasteiger partial charge on any atom is -0.460 e. The molecule has 2 N–H and O–H groups in total. The highest BCUT2D eigenvalue weighted by atomic mass is 16.6. The average Bonchev–Trinajstić information content (AvgIpc) is 2.42. The molecule has 0 fully saturated rings. The number of hydrogen-bond acceptors (Lipinski definition) is 7. The quantitative estimate of drug-likeness (QED) is 0.249. The number of hydrogen-bond donors (Lipinski definition) is 1. The van der Waals surface area contributed by atoms with Crippen LogP contribution in [0.15, 0.2) is 18.2 Å². The number of rotatable bonds is 8. The van der Waals surface area contributed by atoms with Crippen LogP contribution in [0.4, 0.5) is 11.4 Å². The fraction of sp³-hybridized carbons (Fsp3) is 0.417. The van der Waals surface area contributed by atoms with Crippen molar-refractivity contribution in [1.29, 1.82) is 0 Å². The molecule has 0 amide bonds. The van der Waals surface area contributed by atoms with E-state index in [-0.39, 0.29) is 30.2 Å². The first kappa shape index (κ1) is 15.9. The van der Waals surface area contributed by atoms with E-state index in [1.165, 1.54) is 12.1 Å². The van der Waals surface area contributed by atoms with Crippen LogP contribution in [0.25, 0.3) is 0 Å². The van der Waals surface area contributed by atoms with Crippen molar-refractivity contribution >= 4 is 17.3 Å². The number of anilines is 1. The van der Waals surface area contributed by atoms with E-state index in [0.29, 0.717) is 13.2 Å². The van der Waals surface area contributed by atoms with Gasteiger partial charge >= 0.3 is 5.97 Å². The monoisotopic (exact) mass is 284 g/mol. The number of carbonyl (C=O) groups excluding carboxylic acids is 1. The largest absolute Gasteiger partial charge is 0.460 e. The number of nitro benzene ring substituents is 1. The molecule has 0 saturated carbocycles. The average molecular weight is 284 g/mol. The fourth-order valence-corrected chi connectivity index (χ4v) is 1.36. The van der Waals surface area contributed by atoms with Crippen LogP contribution >= 0.6 is 0 Å². The van der Waals surface area contributed by atoms with Crippen LogP contribution in [0.3, 0.4) is 0 Å². The van der Waals surface area contributed by atoms with E-state index < -0.39 is 10.9 Å². The molecule has 20 heavy (non-hydrogen) atoms. The molecule has 0 atom stereocenters. The molecule has 0 saturated heterocycles. The van der Waals surface area contributed by atoms with Gasteiger partial charge < -0.3 is 19.9 Å². The lowest BCUT2D eigenvalue weighted by Crippen LogP contribution is -2.14. The number of nitrogens with two attached hydrogens (primary N) is 1. The van der Waals surface area contributed by atoms with Gasteiger partial charge in [0.25, 0.3) is 5.69 Å². The highest BCUT2D eigenvalue weighted by molar-refractivity contribution is 5.95. The van der Waals surface area contributed by atoms with Crippen molar-refractivity contribution in [3.05, 3.63) is 33.9 Å². The van der Waals surface area contributed by atoms with Crippen LogP contribution in [0, 0.1) is 10.1 Å². The Morgan fingerprint density at radius 3 is 2.60 bits per heavy atom. The van der Waals surface area contributed by atoms with Gasteiger partial charge in [0, 0.05) is 19.2 Å². The topological polar surface area (TPSA) is 114 Å². The number of nitrogen functional groups attached to an aromatic ring is 1. The zero-order chi connectivity index (χ0) is 15.0. The molecule has 0 aliphatic rings. The smallest absolute Gasteiger partial charge is 0.340 e. The van der Waals surface area contributed by atoms with Crippen LogP contribution in [0.5, 0.6) is 0 Å². The Balaban J connectivity index is 2.45. The van der Waals surface area contributed by atoms with Crippen molar-refractivity contribution in [3.63, 3.8) is 0 Å². The molecule has 8 heteroatoms. The number of ether oxygens (including phenoxy) is 3. The second-order valence-corrected chi connectivity index (χ2v) is 3.77. The highest BCUT2D eigenvalue weighted by Gasteiger charge is 2.15. The summed E-state index contributed by atoms with van der Waals surface area (Å²) in [6.07, 6.45) is 0. The van der Waals surface area contributed by atoms with E-state index >= 15 is 0 Å². The second kappa shape index (κ2) is 8.08. The molecule has 0 aliphatic carbocycles. The standard InChI is InChI=1S/C12H16N2O6/c1-18-4-5-19-6-7-20-12(15)10-3-2-9(14(16)17)8-11(10)13/h2-3,8H,4-7,13H2,1H3. The van der Waals surface area contributed by atoms with Crippen molar-refractivity contribution in [1.82, 2.24) is 0 Å². The maximum Gasteiger partial charge on any atom is 0.340 e. The number of benzene rings is 1. The minimum absolute atomic E-state index is 0.00417. The number of nitro groups is 1. The third-order valence-electron chi connectivity index (χ3n) is 2.36. The summed E-state index contributed by atoms with van der Waals surface area (Å²) in [6, 6.07) is 3.58.